The third kappa shape index (κ3) is 5.58. The predicted molar refractivity (Wildman–Crippen MR) is 162 cm³/mol. The summed E-state index contributed by atoms with van der Waals surface area (Å²) in [5.74, 6) is 3.67. The van der Waals surface area contributed by atoms with Gasteiger partial charge in [-0.05, 0) is 38.1 Å². The van der Waals surface area contributed by atoms with E-state index in [-0.39, 0.29) is 25.0 Å². The van der Waals surface area contributed by atoms with Gasteiger partial charge in [-0.25, -0.2) is 9.37 Å². The summed E-state index contributed by atoms with van der Waals surface area (Å²) in [7, 11) is 5.04. The van der Waals surface area contributed by atoms with E-state index in [1.165, 1.54) is 0 Å². The number of likely N-dealkylation sites (tertiary alicyclic amines) is 2. The summed E-state index contributed by atoms with van der Waals surface area (Å²) in [6.45, 7) is 1.69. The van der Waals surface area contributed by atoms with Crippen molar-refractivity contribution in [3.8, 4) is 35.1 Å². The lowest BCUT2D eigenvalue weighted by molar-refractivity contribution is -0.156. The van der Waals surface area contributed by atoms with Crippen LogP contribution < -0.4 is 14.4 Å². The lowest BCUT2D eigenvalue weighted by Crippen LogP contribution is -2.65. The monoisotopic (exact) mass is 583 g/mol. The number of carbonyl (C=O) groups excluding carboxylic acids is 1. The zero-order valence-electron chi connectivity index (χ0n) is 24.5. The van der Waals surface area contributed by atoms with E-state index in [9.17, 15) is 9.18 Å². The minimum absolute atomic E-state index is 0.120. The predicted octanol–water partition coefficient (Wildman–Crippen LogP) is 4.10. The number of aromatic nitrogens is 4. The van der Waals surface area contributed by atoms with Crippen LogP contribution in [0.4, 0.5) is 15.8 Å². The summed E-state index contributed by atoms with van der Waals surface area (Å²) in [4.78, 5) is 27.7. The second kappa shape index (κ2) is 11.5. The number of piperidine rings is 1. The third-order valence-corrected chi connectivity index (χ3v) is 8.18. The average Bonchev–Trinajstić information content (AvgIpc) is 3.52. The summed E-state index contributed by atoms with van der Waals surface area (Å²) in [5, 5.41) is 4.61. The van der Waals surface area contributed by atoms with Gasteiger partial charge in [0, 0.05) is 67.5 Å². The van der Waals surface area contributed by atoms with Gasteiger partial charge in [0.2, 0.25) is 5.67 Å². The number of nitrogens with zero attached hydrogens (tertiary/aromatic N) is 7. The topological polar surface area (TPSA) is 88.8 Å². The highest BCUT2D eigenvalue weighted by Crippen LogP contribution is 2.34. The zero-order chi connectivity index (χ0) is 30.1. The average molecular weight is 584 g/mol. The molecule has 0 unspecified atom stereocenters. The Bertz CT molecular complexity index is 1660. The van der Waals surface area contributed by atoms with E-state index in [1.54, 1.807) is 31.5 Å². The van der Waals surface area contributed by atoms with E-state index in [1.807, 2.05) is 64.1 Å². The van der Waals surface area contributed by atoms with Gasteiger partial charge in [-0.3, -0.25) is 19.4 Å². The molecule has 11 heteroatoms. The number of amides is 1. The molecule has 4 heterocycles. The minimum atomic E-state index is -1.74. The third-order valence-electron chi connectivity index (χ3n) is 8.18. The Labute approximate surface area is 250 Å². The summed E-state index contributed by atoms with van der Waals surface area (Å²) < 4.78 is 27.7. The van der Waals surface area contributed by atoms with Crippen LogP contribution in [-0.2, 0) is 4.79 Å². The van der Waals surface area contributed by atoms with Crippen LogP contribution in [0, 0.1) is 12.3 Å². The highest BCUT2D eigenvalue weighted by Gasteiger charge is 2.50. The Morgan fingerprint density at radius 1 is 1.07 bits per heavy atom. The van der Waals surface area contributed by atoms with Crippen LogP contribution in [0.5, 0.6) is 11.5 Å². The van der Waals surface area contributed by atoms with Gasteiger partial charge < -0.3 is 19.3 Å². The number of fused-ring (bicyclic) bond motifs is 1. The van der Waals surface area contributed by atoms with Crippen molar-refractivity contribution in [2.45, 2.75) is 24.6 Å². The normalized spacial score (nSPS) is 16.9. The highest BCUT2D eigenvalue weighted by atomic mass is 19.1. The number of alkyl halides is 1. The fraction of sp³-hybridized carbons (Fsp3) is 0.375. The Morgan fingerprint density at radius 2 is 1.79 bits per heavy atom. The fourth-order valence-corrected chi connectivity index (χ4v) is 5.91. The molecule has 2 aliphatic heterocycles. The largest absolute Gasteiger partial charge is 0.497 e. The lowest BCUT2D eigenvalue weighted by Gasteiger charge is -2.44. The number of terminal acetylenes is 1. The first-order valence-electron chi connectivity index (χ1n) is 14.2. The highest BCUT2D eigenvalue weighted by molar-refractivity contribution is 5.87. The molecule has 0 spiro atoms. The first-order chi connectivity index (χ1) is 20.8. The molecular weight excluding hydrogens is 549 g/mol. The number of methoxy groups -OCH3 is 2. The number of halogens is 1. The number of ether oxygens (including phenoxy) is 2. The fourth-order valence-electron chi connectivity index (χ4n) is 5.91. The Balaban J connectivity index is 1.20. The van der Waals surface area contributed by atoms with E-state index in [2.05, 4.69) is 16.0 Å². The van der Waals surface area contributed by atoms with E-state index >= 15 is 0 Å². The Hall–Kier alpha value is -4.69. The summed E-state index contributed by atoms with van der Waals surface area (Å²) in [6.07, 6.45) is 12.7. The molecule has 2 aliphatic rings. The van der Waals surface area contributed by atoms with Crippen LogP contribution in [0.15, 0.2) is 55.0 Å². The van der Waals surface area contributed by atoms with Crippen LogP contribution in [0.2, 0.25) is 0 Å². The van der Waals surface area contributed by atoms with Crippen molar-refractivity contribution in [2.75, 3.05) is 58.9 Å². The smallest absolute Gasteiger partial charge is 0.262 e. The Morgan fingerprint density at radius 3 is 2.44 bits per heavy atom. The SMILES string of the molecule is C#CCN(c1cc(OC)cc(OC)c1)c1ccc2ncc(-c3cnn(C4CCN(C(=O)C5(F)CN(C)C5)CC4)c3)nc2c1. The first-order valence-corrected chi connectivity index (χ1v) is 14.2. The lowest BCUT2D eigenvalue weighted by atomic mass is 9.93. The molecule has 2 aromatic carbocycles. The molecule has 222 valence electrons. The number of hydrogen-bond acceptors (Lipinski definition) is 8. The molecule has 0 bridgehead atoms. The number of rotatable bonds is 8. The van der Waals surface area contributed by atoms with Gasteiger partial charge in [0.05, 0.1) is 55.9 Å². The molecule has 1 amide bonds. The molecule has 0 saturated carbocycles. The molecule has 6 rings (SSSR count). The maximum atomic E-state index is 14.8. The Kier molecular flexibility index (Phi) is 7.62. The van der Waals surface area contributed by atoms with E-state index in [0.29, 0.717) is 55.2 Å². The van der Waals surface area contributed by atoms with Crippen molar-refractivity contribution in [1.82, 2.24) is 29.5 Å². The summed E-state index contributed by atoms with van der Waals surface area (Å²) in [5.41, 5.74) is 2.95. The van der Waals surface area contributed by atoms with Crippen molar-refractivity contribution >= 4 is 28.3 Å². The van der Waals surface area contributed by atoms with Crippen LogP contribution in [0.1, 0.15) is 18.9 Å². The van der Waals surface area contributed by atoms with E-state index < -0.39 is 5.67 Å². The molecular formula is C32H34FN7O3. The van der Waals surface area contributed by atoms with Gasteiger partial charge in [-0.2, -0.15) is 5.10 Å². The second-order valence-corrected chi connectivity index (χ2v) is 11.2. The van der Waals surface area contributed by atoms with Gasteiger partial charge in [0.25, 0.3) is 5.91 Å². The number of benzene rings is 2. The first kappa shape index (κ1) is 28.4. The molecule has 0 N–H and O–H groups in total. The van der Waals surface area contributed by atoms with Gasteiger partial charge in [-0.15, -0.1) is 6.42 Å². The van der Waals surface area contributed by atoms with E-state index in [4.69, 9.17) is 20.9 Å². The molecule has 4 aromatic rings. The molecule has 0 atom stereocenters. The molecule has 2 aromatic heterocycles. The maximum absolute atomic E-state index is 14.8. The number of hydrogen-bond donors (Lipinski definition) is 0. The van der Waals surface area contributed by atoms with Gasteiger partial charge in [0.1, 0.15) is 11.5 Å². The van der Waals surface area contributed by atoms with Gasteiger partial charge in [-0.1, -0.05) is 5.92 Å². The van der Waals surface area contributed by atoms with Crippen molar-refractivity contribution in [2.24, 2.45) is 0 Å². The second-order valence-electron chi connectivity index (χ2n) is 11.2. The summed E-state index contributed by atoms with van der Waals surface area (Å²) >= 11 is 0. The molecule has 2 fully saturated rings. The summed E-state index contributed by atoms with van der Waals surface area (Å²) in [6, 6.07) is 11.6. The van der Waals surface area contributed by atoms with Crippen molar-refractivity contribution < 1.29 is 18.7 Å². The maximum Gasteiger partial charge on any atom is 0.262 e. The van der Waals surface area contributed by atoms with Crippen molar-refractivity contribution in [3.05, 3.63) is 55.0 Å². The number of anilines is 2. The van der Waals surface area contributed by atoms with Crippen LogP contribution in [0.25, 0.3) is 22.3 Å². The van der Waals surface area contributed by atoms with Crippen molar-refractivity contribution in [3.63, 3.8) is 0 Å². The van der Waals surface area contributed by atoms with Crippen LogP contribution in [-0.4, -0.2) is 95.1 Å². The quantitative estimate of drug-likeness (QED) is 0.287. The molecule has 2 saturated heterocycles. The molecule has 0 aliphatic carbocycles. The molecule has 0 radical (unpaired) electrons. The van der Waals surface area contributed by atoms with Gasteiger partial charge in [0.15, 0.2) is 0 Å². The minimum Gasteiger partial charge on any atom is -0.497 e. The molecule has 10 nitrogen and oxygen atoms in total. The number of carbonyl (C=O) groups is 1. The van der Waals surface area contributed by atoms with Gasteiger partial charge >= 0.3 is 0 Å². The standard InChI is InChI=1S/C32H34FN7O3/c1-5-10-39(25-13-26(42-3)16-27(14-25)43-4)24-6-7-28-29(15-24)36-30(18-34-28)22-17-35-40(19-22)23-8-11-38(12-9-23)31(41)32(33)20-37(2)21-32/h1,6-7,13-19,23H,8-12,20-21H2,2-4H3. The zero-order valence-corrected chi connectivity index (χ0v) is 24.5. The van der Waals surface area contributed by atoms with Crippen molar-refractivity contribution in [1.29, 1.82) is 0 Å². The van der Waals surface area contributed by atoms with Crippen LogP contribution >= 0.6 is 0 Å². The van der Waals surface area contributed by atoms with Crippen LogP contribution in [0.3, 0.4) is 0 Å². The van der Waals surface area contributed by atoms with E-state index in [0.717, 1.165) is 22.5 Å². The molecule has 43 heavy (non-hydrogen) atoms.